The van der Waals surface area contributed by atoms with E-state index >= 15 is 0 Å². The van der Waals surface area contributed by atoms with Crippen molar-refractivity contribution in [3.63, 3.8) is 0 Å². The van der Waals surface area contributed by atoms with Crippen molar-refractivity contribution in [2.75, 3.05) is 7.11 Å². The molecule has 2 aromatic rings. The Balaban J connectivity index is 2.00. The zero-order valence-corrected chi connectivity index (χ0v) is 27.9. The van der Waals surface area contributed by atoms with Gasteiger partial charge >= 0.3 is 6.18 Å². The van der Waals surface area contributed by atoms with Gasteiger partial charge in [0.25, 0.3) is 0 Å². The van der Waals surface area contributed by atoms with Crippen molar-refractivity contribution in [3.05, 3.63) is 63.5 Å². The highest BCUT2D eigenvalue weighted by Gasteiger charge is 2.45. The maximum Gasteiger partial charge on any atom is 0.416 e. The van der Waals surface area contributed by atoms with E-state index in [0.29, 0.717) is 16.8 Å². The first kappa shape index (κ1) is 33.2. The summed E-state index contributed by atoms with van der Waals surface area (Å²) in [4.78, 5) is 5.25. The molecule has 1 aromatic heterocycles. The van der Waals surface area contributed by atoms with Crippen LogP contribution in [0, 0.1) is 5.41 Å². The molecule has 0 bridgehead atoms. The fourth-order valence-electron chi connectivity index (χ4n) is 6.52. The van der Waals surface area contributed by atoms with Gasteiger partial charge in [-0.05, 0) is 85.3 Å². The second-order valence-corrected chi connectivity index (χ2v) is 19.6. The van der Waals surface area contributed by atoms with Gasteiger partial charge < -0.3 is 14.3 Å². The maximum atomic E-state index is 13.4. The normalized spacial score (nSPS) is 21.6. The van der Waals surface area contributed by atoms with Crippen LogP contribution in [-0.4, -0.2) is 25.5 Å². The first-order valence-electron chi connectivity index (χ1n) is 15.5. The molecule has 2 aliphatic rings. The topological polar surface area (TPSA) is 51.6 Å². The minimum atomic E-state index is -4.44. The van der Waals surface area contributed by atoms with Crippen LogP contribution >= 0.6 is 0 Å². The third kappa shape index (κ3) is 6.82. The van der Waals surface area contributed by atoms with Crippen LogP contribution in [0.2, 0.25) is 18.1 Å². The molecular formula is C34H50F3NO3Si. The first-order chi connectivity index (χ1) is 19.4. The summed E-state index contributed by atoms with van der Waals surface area (Å²) in [5, 5.41) is 12.1. The third-order valence-electron chi connectivity index (χ3n) is 9.95. The summed E-state index contributed by atoms with van der Waals surface area (Å²) in [6, 6.07) is 4.89. The lowest BCUT2D eigenvalue weighted by atomic mass is 9.69. The lowest BCUT2D eigenvalue weighted by molar-refractivity contribution is -0.137. The van der Waals surface area contributed by atoms with Crippen molar-refractivity contribution in [1.29, 1.82) is 0 Å². The molecule has 1 heterocycles. The van der Waals surface area contributed by atoms with E-state index in [9.17, 15) is 18.3 Å². The van der Waals surface area contributed by atoms with Crippen molar-refractivity contribution < 1.29 is 27.4 Å². The Morgan fingerprint density at radius 1 is 1.00 bits per heavy atom. The number of benzene rings is 1. The molecule has 1 aromatic carbocycles. The van der Waals surface area contributed by atoms with Gasteiger partial charge in [0.1, 0.15) is 6.10 Å². The largest absolute Gasteiger partial charge is 0.416 e. The van der Waals surface area contributed by atoms with E-state index in [2.05, 4.69) is 47.7 Å². The number of hydrogen-bond acceptors (Lipinski definition) is 4. The van der Waals surface area contributed by atoms with E-state index in [1.165, 1.54) is 18.6 Å². The van der Waals surface area contributed by atoms with E-state index in [0.717, 1.165) is 67.5 Å². The van der Waals surface area contributed by atoms with Crippen LogP contribution in [0.1, 0.15) is 144 Å². The zero-order chi connectivity index (χ0) is 31.3. The molecule has 0 spiro atoms. The van der Waals surface area contributed by atoms with Crippen molar-refractivity contribution in [2.45, 2.75) is 135 Å². The molecule has 2 aliphatic carbocycles. The van der Waals surface area contributed by atoms with E-state index in [-0.39, 0.29) is 22.5 Å². The number of rotatable bonds is 7. The van der Waals surface area contributed by atoms with E-state index in [1.807, 2.05) is 6.92 Å². The van der Waals surface area contributed by atoms with Crippen LogP contribution in [0.25, 0.3) is 0 Å². The van der Waals surface area contributed by atoms with Gasteiger partial charge in [0.2, 0.25) is 0 Å². The number of alkyl halides is 3. The van der Waals surface area contributed by atoms with Crippen LogP contribution in [-0.2, 0) is 21.8 Å². The third-order valence-corrected chi connectivity index (χ3v) is 14.4. The Hall–Kier alpha value is -1.74. The average Bonchev–Trinajstić information content (AvgIpc) is 2.89. The molecule has 0 aliphatic heterocycles. The van der Waals surface area contributed by atoms with E-state index < -0.39 is 32.3 Å². The number of aliphatic hydroxyl groups excluding tert-OH is 1. The van der Waals surface area contributed by atoms with Crippen molar-refractivity contribution in [1.82, 2.24) is 4.98 Å². The summed E-state index contributed by atoms with van der Waals surface area (Å²) in [6.45, 7) is 17.8. The Morgan fingerprint density at radius 2 is 1.60 bits per heavy atom. The van der Waals surface area contributed by atoms with Gasteiger partial charge in [0.15, 0.2) is 8.32 Å². The van der Waals surface area contributed by atoms with Crippen molar-refractivity contribution in [2.24, 2.45) is 5.41 Å². The van der Waals surface area contributed by atoms with Gasteiger partial charge in [-0.3, -0.25) is 4.98 Å². The van der Waals surface area contributed by atoms with Gasteiger partial charge in [-0.25, -0.2) is 0 Å². The number of ether oxygens (including phenoxy) is 1. The molecule has 1 N–H and O–H groups in total. The van der Waals surface area contributed by atoms with Crippen LogP contribution in [0.4, 0.5) is 13.2 Å². The molecule has 234 valence electrons. The Morgan fingerprint density at radius 3 is 2.12 bits per heavy atom. The molecule has 42 heavy (non-hydrogen) atoms. The van der Waals surface area contributed by atoms with Gasteiger partial charge in [-0.15, -0.1) is 0 Å². The molecule has 1 saturated carbocycles. The van der Waals surface area contributed by atoms with E-state index in [1.54, 1.807) is 7.11 Å². The molecule has 0 amide bonds. The first-order valence-corrected chi connectivity index (χ1v) is 18.4. The lowest BCUT2D eigenvalue weighted by Gasteiger charge is -2.46. The molecule has 3 atom stereocenters. The van der Waals surface area contributed by atoms with Gasteiger partial charge in [0, 0.05) is 23.9 Å². The lowest BCUT2D eigenvalue weighted by Crippen LogP contribution is -2.44. The number of halogens is 3. The summed E-state index contributed by atoms with van der Waals surface area (Å²) in [7, 11) is -0.560. The Labute approximate surface area is 251 Å². The second kappa shape index (κ2) is 12.0. The molecule has 1 fully saturated rings. The average molecular weight is 606 g/mol. The SMILES string of the molecule is COC(C)c1nc2c(c(C3CCCCC3)c1C(O)c1ccc(C(F)(F)F)cc1)[C@@H](O[Si](C)(C)C(C)(C)C)CC(C)(C)C2. The Bertz CT molecular complexity index is 1240. The van der Waals surface area contributed by atoms with Gasteiger partial charge in [-0.2, -0.15) is 13.2 Å². The van der Waals surface area contributed by atoms with Crippen LogP contribution in [0.5, 0.6) is 0 Å². The van der Waals surface area contributed by atoms with Crippen molar-refractivity contribution >= 4 is 8.32 Å². The molecule has 0 saturated heterocycles. The smallest absolute Gasteiger partial charge is 0.410 e. The highest BCUT2D eigenvalue weighted by atomic mass is 28.4. The summed E-state index contributed by atoms with van der Waals surface area (Å²) < 4.78 is 53.2. The molecule has 4 rings (SSSR count). The summed E-state index contributed by atoms with van der Waals surface area (Å²) in [6.07, 6.45) is 0.875. The van der Waals surface area contributed by atoms with E-state index in [4.69, 9.17) is 14.1 Å². The number of methoxy groups -OCH3 is 1. The van der Waals surface area contributed by atoms with Gasteiger partial charge in [-0.1, -0.05) is 66.0 Å². The fraction of sp³-hybridized carbons (Fsp3) is 0.676. The Kier molecular flexibility index (Phi) is 9.46. The van der Waals surface area contributed by atoms with Crippen LogP contribution in [0.15, 0.2) is 24.3 Å². The maximum absolute atomic E-state index is 13.4. The minimum Gasteiger partial charge on any atom is -0.410 e. The summed E-state index contributed by atoms with van der Waals surface area (Å²) in [5.74, 6) is 0.212. The highest BCUT2D eigenvalue weighted by Crippen LogP contribution is 2.53. The molecule has 2 unspecified atom stereocenters. The predicted molar refractivity (Wildman–Crippen MR) is 164 cm³/mol. The van der Waals surface area contributed by atoms with Crippen molar-refractivity contribution in [3.8, 4) is 0 Å². The zero-order valence-electron chi connectivity index (χ0n) is 26.9. The number of hydrogen-bond donors (Lipinski definition) is 1. The van der Waals surface area contributed by atoms with Gasteiger partial charge in [0.05, 0.1) is 23.5 Å². The number of aromatic nitrogens is 1. The monoisotopic (exact) mass is 605 g/mol. The number of fused-ring (bicyclic) bond motifs is 1. The molecular weight excluding hydrogens is 555 g/mol. The summed E-state index contributed by atoms with van der Waals surface area (Å²) in [5.41, 5.74) is 4.25. The number of nitrogens with zero attached hydrogens (tertiary/aromatic N) is 1. The molecule has 4 nitrogen and oxygen atoms in total. The molecule has 0 radical (unpaired) electrons. The number of pyridine rings is 1. The predicted octanol–water partition coefficient (Wildman–Crippen LogP) is 9.97. The summed E-state index contributed by atoms with van der Waals surface area (Å²) >= 11 is 0. The fourth-order valence-corrected chi connectivity index (χ4v) is 7.79. The quantitative estimate of drug-likeness (QED) is 0.319. The van der Waals surface area contributed by atoms with Crippen LogP contribution < -0.4 is 0 Å². The molecule has 8 heteroatoms. The van der Waals surface area contributed by atoms with Crippen LogP contribution in [0.3, 0.4) is 0 Å². The standard InChI is InChI=1S/C34H50F3NO3Si/c1-21(40-7)30-29(31(39)23-15-17-24(18-16-23)34(35,36)37)27(22-13-11-10-12-14-22)28-25(38-30)19-33(5,6)20-26(28)41-42(8,9)32(2,3)4/h15-18,21-22,26,31,39H,10-14,19-20H2,1-9H3/t21?,26-,31?/m0/s1. The minimum absolute atomic E-state index is 0.0141. The second-order valence-electron chi connectivity index (χ2n) is 14.8. The number of aliphatic hydroxyl groups is 1. The highest BCUT2D eigenvalue weighted by molar-refractivity contribution is 6.74.